The van der Waals surface area contributed by atoms with Gasteiger partial charge < -0.3 is 14.4 Å². The Kier molecular flexibility index (Phi) is 5.38. The molecule has 0 aromatic carbocycles. The Labute approximate surface area is 71.8 Å². The molecule has 0 bridgehead atoms. The third-order valence-electron chi connectivity index (χ3n) is 1.38. The van der Waals surface area contributed by atoms with Crippen molar-refractivity contribution < 1.29 is 9.53 Å². The van der Waals surface area contributed by atoms with Crippen molar-refractivity contribution in [3.05, 3.63) is 22.8 Å². The zero-order valence-corrected chi connectivity index (χ0v) is 6.91. The van der Waals surface area contributed by atoms with Crippen molar-refractivity contribution in [2.45, 2.75) is 18.9 Å². The largest absolute Gasteiger partial charge is 0.463 e. The molecule has 0 heterocycles. The first-order valence-corrected chi connectivity index (χ1v) is 3.54. The molecule has 0 saturated heterocycles. The van der Waals surface area contributed by atoms with Gasteiger partial charge in [-0.3, -0.25) is 0 Å². The van der Waals surface area contributed by atoms with Gasteiger partial charge in [0, 0.05) is 12.8 Å². The number of carbonyl (C=O) groups is 1. The molecule has 0 amide bonds. The molecule has 0 aromatic rings. The molecule has 64 valence electrons. The Morgan fingerprint density at radius 1 is 1.58 bits per heavy atom. The van der Waals surface area contributed by atoms with Crippen LogP contribution in [0.5, 0.6) is 0 Å². The van der Waals surface area contributed by atoms with Crippen molar-refractivity contribution in [3.8, 4) is 0 Å². The maximum Gasteiger partial charge on any atom is 0.389 e. The highest BCUT2D eigenvalue weighted by Gasteiger charge is 2.23. The van der Waals surface area contributed by atoms with Crippen LogP contribution in [-0.2, 0) is 9.53 Å². The number of ether oxygens (including phenoxy) is 1. The van der Waals surface area contributed by atoms with Crippen LogP contribution in [0.4, 0.5) is 0 Å². The van der Waals surface area contributed by atoms with Gasteiger partial charge in [0.25, 0.3) is 0 Å². The van der Waals surface area contributed by atoms with Gasteiger partial charge in [-0.15, -0.1) is 0 Å². The summed E-state index contributed by atoms with van der Waals surface area (Å²) >= 11 is 0. The van der Waals surface area contributed by atoms with E-state index in [1.807, 2.05) is 0 Å². The number of carbonyl (C=O) groups excluding carboxylic acids is 1. The van der Waals surface area contributed by atoms with Gasteiger partial charge in [-0.2, -0.15) is 0 Å². The minimum atomic E-state index is -0.725. The van der Waals surface area contributed by atoms with Crippen LogP contribution >= 0.6 is 0 Å². The Bertz CT molecular complexity index is 224. The molecule has 0 rings (SSSR count). The summed E-state index contributed by atoms with van der Waals surface area (Å²) in [5.74, 6) is -0.505. The normalized spacial score (nSPS) is 10.9. The van der Waals surface area contributed by atoms with Gasteiger partial charge in [-0.05, 0) is 0 Å². The molecule has 1 atom stereocenters. The lowest BCUT2D eigenvalue weighted by Gasteiger charge is -1.99. The second-order valence-corrected chi connectivity index (χ2v) is 2.19. The summed E-state index contributed by atoms with van der Waals surface area (Å²) < 4.78 is 4.40. The lowest BCUT2D eigenvalue weighted by molar-refractivity contribution is -0.141. The molecule has 0 aromatic heterocycles. The smallest absolute Gasteiger partial charge is 0.389 e. The van der Waals surface area contributed by atoms with Gasteiger partial charge in [-0.25, -0.2) is 17.9 Å². The van der Waals surface area contributed by atoms with Crippen LogP contribution < -0.4 is 0 Å². The van der Waals surface area contributed by atoms with Gasteiger partial charge in [-0.1, -0.05) is 0 Å². The maximum atomic E-state index is 10.8. The number of methoxy groups -OCH3 is 1. The maximum absolute atomic E-state index is 10.8. The van der Waals surface area contributed by atoms with E-state index in [2.05, 4.69) is 14.4 Å². The first-order valence-electron chi connectivity index (χ1n) is 3.54. The van der Waals surface area contributed by atoms with Crippen molar-refractivity contribution >= 4 is 5.97 Å². The van der Waals surface area contributed by atoms with E-state index in [9.17, 15) is 4.79 Å². The number of hydrogen-bond donors (Lipinski definition) is 0. The molecule has 4 heteroatoms. The molecule has 0 aliphatic carbocycles. The minimum absolute atomic E-state index is 0.364. The number of nitrogens with zero attached hydrogens (tertiary/aromatic N) is 2. The second kappa shape index (κ2) is 6.18. The zero-order chi connectivity index (χ0) is 9.40. The first-order chi connectivity index (χ1) is 5.76. The quantitative estimate of drug-likeness (QED) is 0.356. The van der Waals surface area contributed by atoms with E-state index in [0.29, 0.717) is 19.4 Å². The molecular weight excluding hydrogens is 156 g/mol. The fourth-order valence-corrected chi connectivity index (χ4v) is 0.735. The van der Waals surface area contributed by atoms with E-state index in [1.165, 1.54) is 7.11 Å². The Hall–Kier alpha value is -1.55. The highest BCUT2D eigenvalue weighted by atomic mass is 16.5. The molecule has 0 fully saturated rings. The molecule has 0 radical (unpaired) electrons. The lowest BCUT2D eigenvalue weighted by atomic mass is 10.2. The fourth-order valence-electron chi connectivity index (χ4n) is 0.735. The van der Waals surface area contributed by atoms with Crippen LogP contribution in [0.3, 0.4) is 0 Å². The minimum Gasteiger partial charge on any atom is -0.463 e. The van der Waals surface area contributed by atoms with Gasteiger partial charge in [0.15, 0.2) is 0 Å². The third-order valence-corrected chi connectivity index (χ3v) is 1.38. The third kappa shape index (κ3) is 3.58. The summed E-state index contributed by atoms with van der Waals surface area (Å²) in [5.41, 5.74) is 0. The average Bonchev–Trinajstić information content (AvgIpc) is 2.11. The Morgan fingerprint density at radius 2 is 2.25 bits per heavy atom. The van der Waals surface area contributed by atoms with E-state index >= 15 is 0 Å². The van der Waals surface area contributed by atoms with Gasteiger partial charge in [0.1, 0.15) is 0 Å². The standard InChI is InChI=1S/C8H10N2O2/c1-9-6-4-5-7(10-2)8(11)12-3/h7H,4-6H2,3H3/t7-/m1/s1. The van der Waals surface area contributed by atoms with Crippen LogP contribution in [0.25, 0.3) is 9.69 Å². The number of hydrogen-bond acceptors (Lipinski definition) is 2. The highest BCUT2D eigenvalue weighted by Crippen LogP contribution is 2.03. The van der Waals surface area contributed by atoms with E-state index in [-0.39, 0.29) is 0 Å². The molecule has 12 heavy (non-hydrogen) atoms. The summed E-state index contributed by atoms with van der Waals surface area (Å²) in [6, 6.07) is -0.725. The summed E-state index contributed by atoms with van der Waals surface area (Å²) in [4.78, 5) is 17.0. The molecule has 0 aliphatic heterocycles. The Morgan fingerprint density at radius 3 is 2.67 bits per heavy atom. The van der Waals surface area contributed by atoms with Crippen LogP contribution in [-0.4, -0.2) is 25.7 Å². The highest BCUT2D eigenvalue weighted by molar-refractivity contribution is 5.77. The average molecular weight is 166 g/mol. The van der Waals surface area contributed by atoms with Crippen molar-refractivity contribution in [1.29, 1.82) is 0 Å². The molecule has 0 N–H and O–H groups in total. The summed E-state index contributed by atoms with van der Waals surface area (Å²) in [7, 11) is 1.26. The predicted molar refractivity (Wildman–Crippen MR) is 43.1 cm³/mol. The summed E-state index contributed by atoms with van der Waals surface area (Å²) in [6.45, 7) is 13.5. The molecular formula is C8H10N2O2. The van der Waals surface area contributed by atoms with Crippen molar-refractivity contribution in [1.82, 2.24) is 0 Å². The van der Waals surface area contributed by atoms with Crippen molar-refractivity contribution in [2.75, 3.05) is 13.7 Å². The lowest BCUT2D eigenvalue weighted by Crippen LogP contribution is -2.18. The van der Waals surface area contributed by atoms with Crippen molar-refractivity contribution in [3.63, 3.8) is 0 Å². The van der Waals surface area contributed by atoms with Gasteiger partial charge >= 0.3 is 12.0 Å². The van der Waals surface area contributed by atoms with E-state index in [0.717, 1.165) is 0 Å². The second-order valence-electron chi connectivity index (χ2n) is 2.19. The SMILES string of the molecule is [C-]#[N+]CCC[C@@H]([N+]#[C-])C(=O)OC. The van der Waals surface area contributed by atoms with Crippen LogP contribution in [0.15, 0.2) is 0 Å². The molecule has 4 nitrogen and oxygen atoms in total. The zero-order valence-electron chi connectivity index (χ0n) is 6.91. The fraction of sp³-hybridized carbons (Fsp3) is 0.625. The van der Waals surface area contributed by atoms with Crippen LogP contribution in [0, 0.1) is 13.1 Å². The molecule has 0 saturated carbocycles. The van der Waals surface area contributed by atoms with Crippen molar-refractivity contribution in [2.24, 2.45) is 0 Å². The number of rotatable bonds is 4. The Balaban J connectivity index is 3.79. The van der Waals surface area contributed by atoms with Crippen LogP contribution in [0.1, 0.15) is 12.8 Å². The van der Waals surface area contributed by atoms with Crippen LogP contribution in [0.2, 0.25) is 0 Å². The van der Waals surface area contributed by atoms with E-state index in [1.54, 1.807) is 0 Å². The van der Waals surface area contributed by atoms with E-state index < -0.39 is 12.0 Å². The van der Waals surface area contributed by atoms with Gasteiger partial charge in [0.05, 0.1) is 7.11 Å². The van der Waals surface area contributed by atoms with E-state index in [4.69, 9.17) is 13.1 Å². The molecule has 0 spiro atoms. The topological polar surface area (TPSA) is 35.0 Å². The summed E-state index contributed by atoms with van der Waals surface area (Å²) in [5, 5.41) is 0. The van der Waals surface area contributed by atoms with Gasteiger partial charge in [0.2, 0.25) is 6.54 Å². The number of esters is 1. The monoisotopic (exact) mass is 166 g/mol. The molecule has 0 unspecified atom stereocenters. The first kappa shape index (κ1) is 10.4. The molecule has 0 aliphatic rings. The predicted octanol–water partition coefficient (Wildman–Crippen LogP) is 1.15. The summed E-state index contributed by atoms with van der Waals surface area (Å²) in [6.07, 6.45) is 0.990.